The quantitative estimate of drug-likeness (QED) is 0.549. The lowest BCUT2D eigenvalue weighted by Gasteiger charge is -2.31. The first-order valence-corrected chi connectivity index (χ1v) is 8.87. The van der Waals surface area contributed by atoms with E-state index in [1.165, 1.54) is 39.4 Å². The van der Waals surface area contributed by atoms with E-state index in [4.69, 9.17) is 0 Å². The van der Waals surface area contributed by atoms with Crippen LogP contribution in [0.1, 0.15) is 23.6 Å². The molecule has 0 aromatic heterocycles. The van der Waals surface area contributed by atoms with Crippen molar-refractivity contribution in [1.29, 1.82) is 0 Å². The minimum absolute atomic E-state index is 0.224. The normalized spacial score (nSPS) is 16.2. The van der Waals surface area contributed by atoms with Crippen LogP contribution in [0.25, 0.3) is 0 Å². The highest BCUT2D eigenvalue weighted by Gasteiger charge is 2.34. The Hall–Kier alpha value is -2.74. The predicted octanol–water partition coefficient (Wildman–Crippen LogP) is 6.25. The molecule has 3 aromatic rings. The molecule has 25 heavy (non-hydrogen) atoms. The molecule has 0 radical (unpaired) electrons. The summed E-state index contributed by atoms with van der Waals surface area (Å²) in [5, 5.41) is 0. The van der Waals surface area contributed by atoms with E-state index in [9.17, 15) is 0 Å². The smallest absolute Gasteiger partial charge is 0.108 e. The van der Waals surface area contributed by atoms with Gasteiger partial charge < -0.3 is 9.80 Å². The first kappa shape index (κ1) is 15.8. The molecule has 1 unspecified atom stereocenters. The van der Waals surface area contributed by atoms with Gasteiger partial charge in [-0.15, -0.1) is 0 Å². The third-order valence-corrected chi connectivity index (χ3v) is 5.07. The fraction of sp³-hybridized carbons (Fsp3) is 0.217. The molecule has 2 heteroatoms. The number of rotatable bonds is 2. The summed E-state index contributed by atoms with van der Waals surface area (Å²) < 4.78 is 0. The molecule has 1 heterocycles. The summed E-state index contributed by atoms with van der Waals surface area (Å²) in [4.78, 5) is 4.87. The summed E-state index contributed by atoms with van der Waals surface area (Å²) in [6, 6.07) is 24.2. The third kappa shape index (κ3) is 2.58. The molecule has 126 valence electrons. The van der Waals surface area contributed by atoms with Crippen molar-refractivity contribution < 1.29 is 0 Å². The minimum Gasteiger partial charge on any atom is -0.319 e. The first-order valence-electron chi connectivity index (χ1n) is 8.87. The second-order valence-electron chi connectivity index (χ2n) is 6.99. The number of hydrogen-bond acceptors (Lipinski definition) is 2. The zero-order chi connectivity index (χ0) is 17.6. The standard InChI is InChI=1S/C23H24N2/c1-16-9-12-20(13-10-16)24-19(4)25(23-8-6-5-7-22(23)24)21-14-11-17(2)15-18(21)3/h5-15,19H,1-4H3. The minimum atomic E-state index is 0.224. The van der Waals surface area contributed by atoms with Crippen LogP contribution in [0.5, 0.6) is 0 Å². The van der Waals surface area contributed by atoms with Crippen LogP contribution in [0.15, 0.2) is 66.7 Å². The second kappa shape index (κ2) is 5.96. The van der Waals surface area contributed by atoms with Crippen molar-refractivity contribution in [1.82, 2.24) is 0 Å². The fourth-order valence-electron chi connectivity index (χ4n) is 3.86. The highest BCUT2D eigenvalue weighted by atomic mass is 15.4. The van der Waals surface area contributed by atoms with Crippen LogP contribution in [-0.2, 0) is 0 Å². The molecule has 0 amide bonds. The summed E-state index contributed by atoms with van der Waals surface area (Å²) in [7, 11) is 0. The summed E-state index contributed by atoms with van der Waals surface area (Å²) in [6.07, 6.45) is 0.224. The number of anilines is 4. The van der Waals surface area contributed by atoms with Gasteiger partial charge in [0, 0.05) is 11.4 Å². The Balaban J connectivity index is 1.86. The van der Waals surface area contributed by atoms with Gasteiger partial charge in [-0.25, -0.2) is 0 Å². The van der Waals surface area contributed by atoms with Crippen molar-refractivity contribution in [3.63, 3.8) is 0 Å². The molecule has 0 spiro atoms. The molecule has 1 aliphatic rings. The van der Waals surface area contributed by atoms with Gasteiger partial charge in [-0.05, 0) is 63.6 Å². The molecule has 2 nitrogen and oxygen atoms in total. The van der Waals surface area contributed by atoms with Crippen LogP contribution in [-0.4, -0.2) is 6.17 Å². The van der Waals surface area contributed by atoms with Crippen molar-refractivity contribution in [2.45, 2.75) is 33.9 Å². The third-order valence-electron chi connectivity index (χ3n) is 5.07. The molecule has 0 aliphatic carbocycles. The Labute approximate surface area is 150 Å². The zero-order valence-corrected chi connectivity index (χ0v) is 15.3. The predicted molar refractivity (Wildman–Crippen MR) is 107 cm³/mol. The van der Waals surface area contributed by atoms with Crippen molar-refractivity contribution in [2.75, 3.05) is 9.80 Å². The molecule has 0 saturated heterocycles. The molecular weight excluding hydrogens is 304 g/mol. The Bertz CT molecular complexity index is 912. The molecular formula is C23H24N2. The molecule has 1 aliphatic heterocycles. The molecule has 0 N–H and O–H groups in total. The van der Waals surface area contributed by atoms with Crippen LogP contribution in [0, 0.1) is 20.8 Å². The Morgan fingerprint density at radius 3 is 1.88 bits per heavy atom. The van der Waals surface area contributed by atoms with Crippen molar-refractivity contribution in [3.05, 3.63) is 83.4 Å². The van der Waals surface area contributed by atoms with Gasteiger partial charge in [0.25, 0.3) is 0 Å². The highest BCUT2D eigenvalue weighted by molar-refractivity contribution is 5.88. The maximum Gasteiger partial charge on any atom is 0.108 e. The van der Waals surface area contributed by atoms with Crippen LogP contribution >= 0.6 is 0 Å². The number of nitrogens with zero attached hydrogens (tertiary/aromatic N) is 2. The van der Waals surface area contributed by atoms with E-state index < -0.39 is 0 Å². The molecule has 0 saturated carbocycles. The highest BCUT2D eigenvalue weighted by Crippen LogP contribution is 2.48. The maximum absolute atomic E-state index is 2.45. The van der Waals surface area contributed by atoms with Gasteiger partial charge in [0.2, 0.25) is 0 Å². The Morgan fingerprint density at radius 1 is 0.640 bits per heavy atom. The van der Waals surface area contributed by atoms with E-state index in [0.717, 1.165) is 0 Å². The Morgan fingerprint density at radius 2 is 1.24 bits per heavy atom. The summed E-state index contributed by atoms with van der Waals surface area (Å²) in [6.45, 7) is 8.76. The number of fused-ring (bicyclic) bond motifs is 1. The number of para-hydroxylation sites is 2. The van der Waals surface area contributed by atoms with Gasteiger partial charge in [-0.2, -0.15) is 0 Å². The zero-order valence-electron chi connectivity index (χ0n) is 15.3. The van der Waals surface area contributed by atoms with E-state index in [-0.39, 0.29) is 6.17 Å². The van der Waals surface area contributed by atoms with Gasteiger partial charge in [0.05, 0.1) is 11.4 Å². The first-order chi connectivity index (χ1) is 12.1. The molecule has 0 fully saturated rings. The van der Waals surface area contributed by atoms with Gasteiger partial charge in [-0.1, -0.05) is 47.5 Å². The molecule has 0 bridgehead atoms. The fourth-order valence-corrected chi connectivity index (χ4v) is 3.86. The monoisotopic (exact) mass is 328 g/mol. The van der Waals surface area contributed by atoms with Gasteiger partial charge in [0.1, 0.15) is 6.17 Å². The molecule has 1 atom stereocenters. The van der Waals surface area contributed by atoms with Crippen molar-refractivity contribution >= 4 is 22.7 Å². The van der Waals surface area contributed by atoms with E-state index >= 15 is 0 Å². The topological polar surface area (TPSA) is 6.48 Å². The number of benzene rings is 3. The Kier molecular flexibility index (Phi) is 3.76. The van der Waals surface area contributed by atoms with Crippen LogP contribution < -0.4 is 9.80 Å². The average molecular weight is 328 g/mol. The summed E-state index contributed by atoms with van der Waals surface area (Å²) in [5.74, 6) is 0. The van der Waals surface area contributed by atoms with Crippen LogP contribution in [0.2, 0.25) is 0 Å². The van der Waals surface area contributed by atoms with Crippen molar-refractivity contribution in [2.24, 2.45) is 0 Å². The van der Waals surface area contributed by atoms with Gasteiger partial charge in [0.15, 0.2) is 0 Å². The van der Waals surface area contributed by atoms with E-state index in [2.05, 4.69) is 104 Å². The lowest BCUT2D eigenvalue weighted by molar-refractivity contribution is 0.759. The summed E-state index contributed by atoms with van der Waals surface area (Å²) >= 11 is 0. The van der Waals surface area contributed by atoms with Crippen LogP contribution in [0.3, 0.4) is 0 Å². The number of hydrogen-bond donors (Lipinski definition) is 0. The van der Waals surface area contributed by atoms with Gasteiger partial charge in [-0.3, -0.25) is 0 Å². The average Bonchev–Trinajstić information content (AvgIpc) is 2.88. The largest absolute Gasteiger partial charge is 0.319 e. The molecule has 4 rings (SSSR count). The maximum atomic E-state index is 2.45. The summed E-state index contributed by atoms with van der Waals surface area (Å²) in [5.41, 5.74) is 8.94. The van der Waals surface area contributed by atoms with Crippen LogP contribution in [0.4, 0.5) is 22.7 Å². The SMILES string of the molecule is Cc1ccc(N2c3ccccc3N(c3ccc(C)cc3C)C2C)cc1. The van der Waals surface area contributed by atoms with E-state index in [1.807, 2.05) is 0 Å². The van der Waals surface area contributed by atoms with E-state index in [1.54, 1.807) is 0 Å². The lowest BCUT2D eigenvalue weighted by Crippen LogP contribution is -2.35. The molecule has 3 aromatic carbocycles. The second-order valence-corrected chi connectivity index (χ2v) is 6.99. The van der Waals surface area contributed by atoms with E-state index in [0.29, 0.717) is 0 Å². The number of aryl methyl sites for hydroxylation is 3. The van der Waals surface area contributed by atoms with Gasteiger partial charge >= 0.3 is 0 Å². The van der Waals surface area contributed by atoms with Crippen molar-refractivity contribution in [3.8, 4) is 0 Å². The lowest BCUT2D eigenvalue weighted by atomic mass is 10.1.